The van der Waals surface area contributed by atoms with Crippen molar-refractivity contribution in [2.75, 3.05) is 6.61 Å². The molecule has 0 aromatic carbocycles. The van der Waals surface area contributed by atoms with Gasteiger partial charge in [0.2, 0.25) is 0 Å². The van der Waals surface area contributed by atoms with Gasteiger partial charge < -0.3 is 14.2 Å². The van der Waals surface area contributed by atoms with E-state index in [-0.39, 0.29) is 35.3 Å². The molecule has 1 aliphatic carbocycles. The number of hydrogen-bond donors (Lipinski definition) is 0. The highest BCUT2D eigenvalue weighted by Crippen LogP contribution is 2.50. The molecular formula is C13H22O4. The van der Waals surface area contributed by atoms with Crippen molar-refractivity contribution >= 4 is 5.97 Å². The molecule has 4 heteroatoms. The van der Waals surface area contributed by atoms with Gasteiger partial charge >= 0.3 is 5.97 Å². The predicted molar refractivity (Wildman–Crippen MR) is 62.3 cm³/mol. The summed E-state index contributed by atoms with van der Waals surface area (Å²) >= 11 is 0. The Morgan fingerprint density at radius 2 is 1.76 bits per heavy atom. The van der Waals surface area contributed by atoms with Crippen molar-refractivity contribution in [2.24, 2.45) is 11.8 Å². The molecule has 1 aliphatic heterocycles. The fourth-order valence-corrected chi connectivity index (χ4v) is 2.10. The van der Waals surface area contributed by atoms with Crippen LogP contribution in [0.5, 0.6) is 0 Å². The molecule has 17 heavy (non-hydrogen) atoms. The highest BCUT2D eigenvalue weighted by Gasteiger charge is 2.58. The first kappa shape index (κ1) is 12.8. The minimum absolute atomic E-state index is 0.0374. The fraction of sp³-hybridized carbons (Fsp3) is 0.923. The van der Waals surface area contributed by atoms with Crippen molar-refractivity contribution in [1.29, 1.82) is 0 Å². The van der Waals surface area contributed by atoms with Crippen molar-refractivity contribution in [3.63, 3.8) is 0 Å². The average Bonchev–Trinajstić information content (AvgIpc) is 2.91. The van der Waals surface area contributed by atoms with Gasteiger partial charge in [-0.25, -0.2) is 0 Å². The normalized spacial score (nSPS) is 34.6. The Hall–Kier alpha value is -0.610. The van der Waals surface area contributed by atoms with Crippen LogP contribution in [0.15, 0.2) is 0 Å². The second-order valence-electron chi connectivity index (χ2n) is 5.88. The van der Waals surface area contributed by atoms with E-state index in [0.29, 0.717) is 6.61 Å². The van der Waals surface area contributed by atoms with E-state index in [0.717, 1.165) is 6.42 Å². The molecule has 0 bridgehead atoms. The molecule has 0 radical (unpaired) electrons. The van der Waals surface area contributed by atoms with Gasteiger partial charge in [0.25, 0.3) is 0 Å². The van der Waals surface area contributed by atoms with E-state index < -0.39 is 0 Å². The van der Waals surface area contributed by atoms with Gasteiger partial charge in [0.1, 0.15) is 0 Å². The van der Waals surface area contributed by atoms with Gasteiger partial charge in [-0.2, -0.15) is 0 Å². The fourth-order valence-electron chi connectivity index (χ4n) is 2.10. The Morgan fingerprint density at radius 1 is 1.24 bits per heavy atom. The van der Waals surface area contributed by atoms with E-state index in [9.17, 15) is 4.79 Å². The topological polar surface area (TPSA) is 44.8 Å². The molecule has 0 N–H and O–H groups in total. The van der Waals surface area contributed by atoms with E-state index in [1.165, 1.54) is 0 Å². The number of ether oxygens (including phenoxy) is 3. The zero-order valence-corrected chi connectivity index (χ0v) is 11.3. The van der Waals surface area contributed by atoms with Gasteiger partial charge in [-0.3, -0.25) is 4.79 Å². The zero-order chi connectivity index (χ0) is 12.8. The second kappa shape index (κ2) is 3.95. The molecule has 0 aromatic heterocycles. The smallest absolute Gasteiger partial charge is 0.309 e. The van der Waals surface area contributed by atoms with Crippen LogP contribution in [0.4, 0.5) is 0 Å². The maximum Gasteiger partial charge on any atom is 0.309 e. The average molecular weight is 242 g/mol. The third-order valence-corrected chi connectivity index (χ3v) is 4.05. The van der Waals surface area contributed by atoms with E-state index >= 15 is 0 Å². The molecule has 2 rings (SSSR count). The lowest BCUT2D eigenvalue weighted by atomic mass is 9.90. The summed E-state index contributed by atoms with van der Waals surface area (Å²) < 4.78 is 16.8. The van der Waals surface area contributed by atoms with Crippen LogP contribution >= 0.6 is 0 Å². The molecule has 2 atom stereocenters. The molecule has 2 fully saturated rings. The number of carbonyl (C=O) groups excluding carboxylic acids is 1. The highest BCUT2D eigenvalue weighted by molar-refractivity contribution is 5.75. The van der Waals surface area contributed by atoms with Gasteiger partial charge in [-0.05, 0) is 41.0 Å². The standard InChI is InChI=1S/C13H22O4/c1-6-15-10(14)8-7-9(8)11-16-12(2,3)13(4,5)17-11/h8-9,11H,6-7H2,1-5H3. The maximum atomic E-state index is 11.6. The Bertz CT molecular complexity index is 305. The van der Waals surface area contributed by atoms with E-state index in [1.54, 1.807) is 0 Å². The summed E-state index contributed by atoms with van der Waals surface area (Å²) in [6, 6.07) is 0. The molecule has 0 amide bonds. The molecule has 0 aromatic rings. The monoisotopic (exact) mass is 242 g/mol. The lowest BCUT2D eigenvalue weighted by molar-refractivity contribution is -0.148. The Morgan fingerprint density at radius 3 is 2.24 bits per heavy atom. The van der Waals surface area contributed by atoms with Crippen molar-refractivity contribution in [3.05, 3.63) is 0 Å². The van der Waals surface area contributed by atoms with E-state index in [2.05, 4.69) is 0 Å². The first-order chi connectivity index (χ1) is 7.78. The molecular weight excluding hydrogens is 220 g/mol. The molecule has 2 aliphatic rings. The van der Waals surface area contributed by atoms with Crippen LogP contribution in [0.3, 0.4) is 0 Å². The summed E-state index contributed by atoms with van der Waals surface area (Å²) in [5.41, 5.74) is -0.640. The minimum Gasteiger partial charge on any atom is -0.466 e. The molecule has 98 valence electrons. The van der Waals surface area contributed by atoms with Gasteiger partial charge in [-0.1, -0.05) is 0 Å². The second-order valence-corrected chi connectivity index (χ2v) is 5.88. The largest absolute Gasteiger partial charge is 0.466 e. The predicted octanol–water partition coefficient (Wildman–Crippen LogP) is 2.12. The molecule has 1 saturated carbocycles. The Kier molecular flexibility index (Phi) is 2.99. The van der Waals surface area contributed by atoms with Crippen molar-refractivity contribution in [2.45, 2.75) is 58.5 Å². The van der Waals surface area contributed by atoms with Crippen LogP contribution in [0.1, 0.15) is 41.0 Å². The maximum absolute atomic E-state index is 11.6. The Balaban J connectivity index is 1.94. The summed E-state index contributed by atoms with van der Waals surface area (Å²) in [6.07, 6.45) is 0.546. The van der Waals surface area contributed by atoms with Gasteiger partial charge in [0.05, 0.1) is 23.7 Å². The molecule has 1 heterocycles. The van der Waals surface area contributed by atoms with E-state index in [1.807, 2.05) is 34.6 Å². The zero-order valence-electron chi connectivity index (χ0n) is 11.3. The summed E-state index contributed by atoms with van der Waals surface area (Å²) in [5, 5.41) is 0. The minimum atomic E-state index is -0.320. The summed E-state index contributed by atoms with van der Waals surface area (Å²) in [5.74, 6) is 0.00645. The van der Waals surface area contributed by atoms with E-state index in [4.69, 9.17) is 14.2 Å². The number of hydrogen-bond acceptors (Lipinski definition) is 4. The molecule has 4 nitrogen and oxygen atoms in total. The summed E-state index contributed by atoms with van der Waals surface area (Å²) in [4.78, 5) is 11.6. The van der Waals surface area contributed by atoms with Crippen molar-refractivity contribution in [1.82, 2.24) is 0 Å². The lowest BCUT2D eigenvalue weighted by Gasteiger charge is -2.30. The highest BCUT2D eigenvalue weighted by atomic mass is 16.7. The molecule has 2 unspecified atom stereocenters. The van der Waals surface area contributed by atoms with Gasteiger partial charge in [0, 0.05) is 5.92 Å². The van der Waals surface area contributed by atoms with Gasteiger partial charge in [0.15, 0.2) is 6.29 Å². The third-order valence-electron chi connectivity index (χ3n) is 4.05. The van der Waals surface area contributed by atoms with Crippen LogP contribution in [-0.2, 0) is 19.0 Å². The third kappa shape index (κ3) is 2.20. The van der Waals surface area contributed by atoms with Crippen LogP contribution < -0.4 is 0 Å². The van der Waals surface area contributed by atoms with Gasteiger partial charge in [-0.15, -0.1) is 0 Å². The first-order valence-corrected chi connectivity index (χ1v) is 6.31. The van der Waals surface area contributed by atoms with Crippen LogP contribution in [0.25, 0.3) is 0 Å². The van der Waals surface area contributed by atoms with Crippen LogP contribution in [0.2, 0.25) is 0 Å². The first-order valence-electron chi connectivity index (χ1n) is 6.31. The number of rotatable bonds is 3. The Labute approximate surface area is 103 Å². The summed E-state index contributed by atoms with van der Waals surface area (Å²) in [7, 11) is 0. The molecule has 1 saturated heterocycles. The lowest BCUT2D eigenvalue weighted by Crippen LogP contribution is -2.41. The van der Waals surface area contributed by atoms with Crippen molar-refractivity contribution < 1.29 is 19.0 Å². The number of carbonyl (C=O) groups is 1. The summed E-state index contributed by atoms with van der Waals surface area (Å²) in [6.45, 7) is 10.3. The van der Waals surface area contributed by atoms with Crippen molar-refractivity contribution in [3.8, 4) is 0 Å². The SMILES string of the molecule is CCOC(=O)C1CC1C1OC(C)(C)C(C)(C)O1. The number of esters is 1. The quantitative estimate of drug-likeness (QED) is 0.711. The van der Waals surface area contributed by atoms with Crippen LogP contribution in [0, 0.1) is 11.8 Å². The molecule has 0 spiro atoms. The van der Waals surface area contributed by atoms with Crippen LogP contribution in [-0.4, -0.2) is 30.1 Å².